The van der Waals surface area contributed by atoms with Crippen molar-refractivity contribution >= 4 is 11.8 Å². The molecule has 0 spiro atoms. The molecule has 2 aromatic heterocycles. The Labute approximate surface area is 167 Å². The van der Waals surface area contributed by atoms with E-state index in [-0.39, 0.29) is 0 Å². The van der Waals surface area contributed by atoms with Crippen molar-refractivity contribution < 1.29 is 4.52 Å². The van der Waals surface area contributed by atoms with Crippen LogP contribution in [0.4, 0.5) is 0 Å². The minimum absolute atomic E-state index is 0.627. The molecular formula is C20H20N6OS. The number of aryl methyl sites for hydroxylation is 3. The predicted molar refractivity (Wildman–Crippen MR) is 107 cm³/mol. The SMILES string of the molecule is Cc1ccc(-n2nnnc2SCCCc2nc(-c3ccccc3)no2)cc1C. The van der Waals surface area contributed by atoms with Crippen molar-refractivity contribution in [1.82, 2.24) is 30.3 Å². The lowest BCUT2D eigenvalue weighted by molar-refractivity contribution is 0.378. The minimum atomic E-state index is 0.627. The van der Waals surface area contributed by atoms with Gasteiger partial charge in [0.15, 0.2) is 0 Å². The van der Waals surface area contributed by atoms with E-state index in [1.165, 1.54) is 11.1 Å². The fourth-order valence-corrected chi connectivity index (χ4v) is 3.57. The molecule has 0 aliphatic rings. The second-order valence-corrected chi connectivity index (χ2v) is 7.53. The average molecular weight is 392 g/mol. The summed E-state index contributed by atoms with van der Waals surface area (Å²) in [6, 6.07) is 16.0. The van der Waals surface area contributed by atoms with Crippen molar-refractivity contribution in [1.29, 1.82) is 0 Å². The van der Waals surface area contributed by atoms with E-state index < -0.39 is 0 Å². The fourth-order valence-electron chi connectivity index (χ4n) is 2.74. The van der Waals surface area contributed by atoms with E-state index in [4.69, 9.17) is 4.52 Å². The molecule has 0 saturated carbocycles. The third-order valence-electron chi connectivity index (χ3n) is 4.44. The van der Waals surface area contributed by atoms with Gasteiger partial charge >= 0.3 is 0 Å². The lowest BCUT2D eigenvalue weighted by Gasteiger charge is -2.06. The molecule has 0 N–H and O–H groups in total. The molecule has 4 aromatic rings. The van der Waals surface area contributed by atoms with Gasteiger partial charge in [-0.2, -0.15) is 9.67 Å². The third-order valence-corrected chi connectivity index (χ3v) is 5.45. The van der Waals surface area contributed by atoms with Crippen molar-refractivity contribution in [2.75, 3.05) is 5.75 Å². The van der Waals surface area contributed by atoms with Crippen LogP contribution in [-0.4, -0.2) is 36.1 Å². The van der Waals surface area contributed by atoms with E-state index in [0.29, 0.717) is 11.7 Å². The molecule has 28 heavy (non-hydrogen) atoms. The Morgan fingerprint density at radius 1 is 1.04 bits per heavy atom. The van der Waals surface area contributed by atoms with Gasteiger partial charge in [-0.25, -0.2) is 0 Å². The average Bonchev–Trinajstić information content (AvgIpc) is 3.38. The Kier molecular flexibility index (Phi) is 5.48. The highest BCUT2D eigenvalue weighted by Gasteiger charge is 2.11. The zero-order chi connectivity index (χ0) is 19.3. The molecule has 0 fully saturated rings. The summed E-state index contributed by atoms with van der Waals surface area (Å²) in [5.74, 6) is 2.13. The van der Waals surface area contributed by atoms with Gasteiger partial charge in [0.25, 0.3) is 0 Å². The lowest BCUT2D eigenvalue weighted by atomic mass is 10.1. The van der Waals surface area contributed by atoms with Crippen LogP contribution in [0.3, 0.4) is 0 Å². The molecule has 4 rings (SSSR count). The van der Waals surface area contributed by atoms with Crippen LogP contribution < -0.4 is 0 Å². The number of hydrogen-bond donors (Lipinski definition) is 0. The largest absolute Gasteiger partial charge is 0.339 e. The molecule has 0 radical (unpaired) electrons. The molecule has 0 amide bonds. The summed E-state index contributed by atoms with van der Waals surface area (Å²) >= 11 is 1.62. The number of benzene rings is 2. The Morgan fingerprint density at radius 3 is 2.71 bits per heavy atom. The molecule has 2 aromatic carbocycles. The maximum atomic E-state index is 5.36. The minimum Gasteiger partial charge on any atom is -0.339 e. The number of aromatic nitrogens is 6. The Balaban J connectivity index is 1.34. The number of thioether (sulfide) groups is 1. The Morgan fingerprint density at radius 2 is 1.89 bits per heavy atom. The number of hydrogen-bond acceptors (Lipinski definition) is 7. The summed E-state index contributed by atoms with van der Waals surface area (Å²) in [6.07, 6.45) is 1.61. The van der Waals surface area contributed by atoms with E-state index >= 15 is 0 Å². The van der Waals surface area contributed by atoms with Crippen LogP contribution in [0, 0.1) is 13.8 Å². The highest BCUT2D eigenvalue weighted by atomic mass is 32.2. The van der Waals surface area contributed by atoms with Crippen molar-refractivity contribution in [3.05, 3.63) is 65.5 Å². The third kappa shape index (κ3) is 4.12. The zero-order valence-corrected chi connectivity index (χ0v) is 16.6. The molecule has 8 heteroatoms. The van der Waals surface area contributed by atoms with Crippen LogP contribution in [0.25, 0.3) is 17.1 Å². The molecule has 0 atom stereocenters. The van der Waals surface area contributed by atoms with Crippen LogP contribution in [-0.2, 0) is 6.42 Å². The number of rotatable bonds is 7. The van der Waals surface area contributed by atoms with Crippen LogP contribution in [0.5, 0.6) is 0 Å². The van der Waals surface area contributed by atoms with Crippen LogP contribution in [0.15, 0.2) is 58.2 Å². The maximum Gasteiger partial charge on any atom is 0.226 e. The first kappa shape index (κ1) is 18.4. The summed E-state index contributed by atoms with van der Waals surface area (Å²) < 4.78 is 7.13. The van der Waals surface area contributed by atoms with Gasteiger partial charge in [0.1, 0.15) is 0 Å². The van der Waals surface area contributed by atoms with E-state index in [0.717, 1.165) is 35.0 Å². The smallest absolute Gasteiger partial charge is 0.226 e. The molecule has 142 valence electrons. The van der Waals surface area contributed by atoms with Crippen LogP contribution in [0.2, 0.25) is 0 Å². The molecule has 2 heterocycles. The first-order valence-corrected chi connectivity index (χ1v) is 10.1. The Hall–Kier alpha value is -3.00. The monoisotopic (exact) mass is 392 g/mol. The van der Waals surface area contributed by atoms with E-state index in [1.54, 1.807) is 16.4 Å². The second kappa shape index (κ2) is 8.35. The number of nitrogens with zero attached hydrogens (tertiary/aromatic N) is 6. The van der Waals surface area contributed by atoms with Crippen LogP contribution >= 0.6 is 11.8 Å². The van der Waals surface area contributed by atoms with Gasteiger partial charge in [0, 0.05) is 17.7 Å². The maximum absolute atomic E-state index is 5.36. The summed E-state index contributed by atoms with van der Waals surface area (Å²) in [5.41, 5.74) is 4.40. The second-order valence-electron chi connectivity index (χ2n) is 6.47. The molecular weight excluding hydrogens is 372 g/mol. The van der Waals surface area contributed by atoms with E-state index in [1.807, 2.05) is 36.4 Å². The van der Waals surface area contributed by atoms with Crippen LogP contribution in [0.1, 0.15) is 23.4 Å². The van der Waals surface area contributed by atoms with Gasteiger partial charge in [-0.15, -0.1) is 5.10 Å². The highest BCUT2D eigenvalue weighted by Crippen LogP contribution is 2.21. The predicted octanol–water partition coefficient (Wildman–Crippen LogP) is 4.05. The molecule has 0 aliphatic heterocycles. The summed E-state index contributed by atoms with van der Waals surface area (Å²) in [5, 5.41) is 16.9. The van der Waals surface area contributed by atoms with Gasteiger partial charge in [0.2, 0.25) is 16.9 Å². The van der Waals surface area contributed by atoms with Gasteiger partial charge in [-0.1, -0.05) is 53.3 Å². The van der Waals surface area contributed by atoms with E-state index in [9.17, 15) is 0 Å². The molecule has 7 nitrogen and oxygen atoms in total. The standard InChI is InChI=1S/C20H20N6OS/c1-14-10-11-17(13-15(14)2)26-20(22-24-25-26)28-12-6-9-18-21-19(23-27-18)16-7-4-3-5-8-16/h3-5,7-8,10-11,13H,6,9,12H2,1-2H3. The first-order valence-electron chi connectivity index (χ1n) is 9.07. The van der Waals surface area contributed by atoms with Crippen molar-refractivity contribution in [3.8, 4) is 17.1 Å². The summed E-state index contributed by atoms with van der Waals surface area (Å²) in [4.78, 5) is 4.47. The zero-order valence-electron chi connectivity index (χ0n) is 15.7. The molecule has 0 saturated heterocycles. The first-order chi connectivity index (χ1) is 13.7. The molecule has 0 bridgehead atoms. The topological polar surface area (TPSA) is 82.5 Å². The summed E-state index contributed by atoms with van der Waals surface area (Å²) in [6.45, 7) is 4.18. The van der Waals surface area contributed by atoms with Crippen molar-refractivity contribution in [3.63, 3.8) is 0 Å². The van der Waals surface area contributed by atoms with Gasteiger partial charge < -0.3 is 4.52 Å². The van der Waals surface area contributed by atoms with Gasteiger partial charge in [0.05, 0.1) is 5.69 Å². The summed E-state index contributed by atoms with van der Waals surface area (Å²) in [7, 11) is 0. The molecule has 0 unspecified atom stereocenters. The normalized spacial score (nSPS) is 11.1. The van der Waals surface area contributed by atoms with E-state index in [2.05, 4.69) is 51.6 Å². The lowest BCUT2D eigenvalue weighted by Crippen LogP contribution is -2.00. The highest BCUT2D eigenvalue weighted by molar-refractivity contribution is 7.99. The fraction of sp³-hybridized carbons (Fsp3) is 0.250. The Bertz CT molecular complexity index is 1060. The van der Waals surface area contributed by atoms with Crippen molar-refractivity contribution in [2.24, 2.45) is 0 Å². The van der Waals surface area contributed by atoms with Crippen molar-refractivity contribution in [2.45, 2.75) is 31.8 Å². The van der Waals surface area contributed by atoms with Gasteiger partial charge in [-0.05, 0) is 54.0 Å². The quantitative estimate of drug-likeness (QED) is 0.346. The number of tetrazole rings is 1. The van der Waals surface area contributed by atoms with Gasteiger partial charge in [-0.3, -0.25) is 0 Å². The molecule has 0 aliphatic carbocycles.